The van der Waals surface area contributed by atoms with Crippen molar-refractivity contribution < 1.29 is 4.84 Å². The van der Waals surface area contributed by atoms with Gasteiger partial charge in [-0.2, -0.15) is 0 Å². The first-order valence-corrected chi connectivity index (χ1v) is 4.75. The molecule has 0 aliphatic carbocycles. The highest BCUT2D eigenvalue weighted by atomic mass is 16.6. The number of rotatable bonds is 2. The van der Waals surface area contributed by atoms with Crippen molar-refractivity contribution in [2.75, 3.05) is 0 Å². The fourth-order valence-electron chi connectivity index (χ4n) is 1.42. The molecule has 76 valence electrons. The molecule has 1 aliphatic rings. The Labute approximate surface area is 88.5 Å². The Morgan fingerprint density at radius 2 is 2.00 bits per heavy atom. The van der Waals surface area contributed by atoms with Gasteiger partial charge in [0.05, 0.1) is 6.21 Å². The highest BCUT2D eigenvalue weighted by Crippen LogP contribution is 2.11. The molecule has 1 heterocycles. The van der Waals surface area contributed by atoms with Crippen LogP contribution < -0.4 is 5.73 Å². The summed E-state index contributed by atoms with van der Waals surface area (Å²) >= 11 is 0. The van der Waals surface area contributed by atoms with Crippen molar-refractivity contribution in [1.29, 1.82) is 0 Å². The van der Waals surface area contributed by atoms with Gasteiger partial charge in [-0.25, -0.2) is 0 Å². The second kappa shape index (κ2) is 4.46. The van der Waals surface area contributed by atoms with Crippen LogP contribution >= 0.6 is 0 Å². The van der Waals surface area contributed by atoms with Crippen LogP contribution in [0.5, 0.6) is 0 Å². The van der Waals surface area contributed by atoms with Crippen LogP contribution in [0.15, 0.2) is 59.1 Å². The SMILES string of the molecule is NC1=CC(Cc2ccccc2)=CC=NO1. The van der Waals surface area contributed by atoms with Gasteiger partial charge in [0.25, 0.3) is 0 Å². The van der Waals surface area contributed by atoms with E-state index in [0.29, 0.717) is 5.88 Å². The van der Waals surface area contributed by atoms with E-state index < -0.39 is 0 Å². The summed E-state index contributed by atoms with van der Waals surface area (Å²) in [6.45, 7) is 0. The molecule has 0 aromatic heterocycles. The summed E-state index contributed by atoms with van der Waals surface area (Å²) in [7, 11) is 0. The van der Waals surface area contributed by atoms with Crippen LogP contribution in [0.1, 0.15) is 5.56 Å². The highest BCUT2D eigenvalue weighted by molar-refractivity contribution is 5.73. The van der Waals surface area contributed by atoms with Crippen molar-refractivity contribution in [2.45, 2.75) is 6.42 Å². The van der Waals surface area contributed by atoms with Crippen LogP contribution in [0.4, 0.5) is 0 Å². The Kier molecular flexibility index (Phi) is 2.83. The smallest absolute Gasteiger partial charge is 0.220 e. The molecule has 1 aromatic carbocycles. The molecule has 0 bridgehead atoms. The van der Waals surface area contributed by atoms with E-state index in [9.17, 15) is 0 Å². The van der Waals surface area contributed by atoms with E-state index in [-0.39, 0.29) is 0 Å². The van der Waals surface area contributed by atoms with Gasteiger partial charge in [-0.15, -0.1) is 0 Å². The van der Waals surface area contributed by atoms with Crippen LogP contribution in [0, 0.1) is 0 Å². The summed E-state index contributed by atoms with van der Waals surface area (Å²) in [4.78, 5) is 4.83. The number of nitrogens with zero attached hydrogens (tertiary/aromatic N) is 1. The Bertz CT molecular complexity index is 419. The predicted octanol–water partition coefficient (Wildman–Crippen LogP) is 1.97. The second-order valence-electron chi connectivity index (χ2n) is 3.30. The van der Waals surface area contributed by atoms with Gasteiger partial charge >= 0.3 is 0 Å². The molecule has 3 nitrogen and oxygen atoms in total. The van der Waals surface area contributed by atoms with Crippen LogP contribution in [-0.2, 0) is 11.3 Å². The molecule has 3 heteroatoms. The van der Waals surface area contributed by atoms with Crippen molar-refractivity contribution in [3.05, 3.63) is 59.5 Å². The maximum atomic E-state index is 5.56. The molecule has 2 N–H and O–H groups in total. The van der Waals surface area contributed by atoms with Crippen LogP contribution in [-0.4, -0.2) is 6.21 Å². The third-order valence-electron chi connectivity index (χ3n) is 2.09. The summed E-state index contributed by atoms with van der Waals surface area (Å²) in [5.74, 6) is 0.325. The number of allylic oxidation sites excluding steroid dienone is 3. The molecular weight excluding hydrogens is 188 g/mol. The van der Waals surface area contributed by atoms with E-state index in [0.717, 1.165) is 12.0 Å². The maximum absolute atomic E-state index is 5.56. The standard InChI is InChI=1S/C12H12N2O/c13-12-9-11(6-7-14-15-12)8-10-4-2-1-3-5-10/h1-7,9H,8,13H2. The Hall–Kier alpha value is -2.03. The molecule has 0 unspecified atom stereocenters. The first kappa shape index (κ1) is 9.52. The summed E-state index contributed by atoms with van der Waals surface area (Å²) in [5.41, 5.74) is 7.89. The Morgan fingerprint density at radius 3 is 2.80 bits per heavy atom. The zero-order valence-corrected chi connectivity index (χ0v) is 8.26. The molecule has 0 amide bonds. The largest absolute Gasteiger partial charge is 0.368 e. The minimum Gasteiger partial charge on any atom is -0.368 e. The maximum Gasteiger partial charge on any atom is 0.220 e. The third-order valence-corrected chi connectivity index (χ3v) is 2.09. The number of benzene rings is 1. The molecule has 0 fully saturated rings. The van der Waals surface area contributed by atoms with Crippen molar-refractivity contribution in [2.24, 2.45) is 10.9 Å². The molecule has 15 heavy (non-hydrogen) atoms. The summed E-state index contributed by atoms with van der Waals surface area (Å²) in [5, 5.41) is 3.65. The minimum atomic E-state index is 0.325. The molecule has 0 saturated carbocycles. The number of hydrogen-bond acceptors (Lipinski definition) is 3. The molecule has 0 saturated heterocycles. The zero-order valence-electron chi connectivity index (χ0n) is 8.26. The van der Waals surface area contributed by atoms with Crippen molar-refractivity contribution >= 4 is 6.21 Å². The molecular formula is C12H12N2O. The average molecular weight is 200 g/mol. The van der Waals surface area contributed by atoms with E-state index >= 15 is 0 Å². The Morgan fingerprint density at radius 1 is 1.20 bits per heavy atom. The molecule has 0 spiro atoms. The zero-order chi connectivity index (χ0) is 10.5. The van der Waals surface area contributed by atoms with Gasteiger partial charge in [-0.3, -0.25) is 0 Å². The fourth-order valence-corrected chi connectivity index (χ4v) is 1.42. The molecule has 1 aliphatic heterocycles. The quantitative estimate of drug-likeness (QED) is 0.793. The number of nitrogens with two attached hydrogens (primary N) is 1. The van der Waals surface area contributed by atoms with Crippen LogP contribution in [0.3, 0.4) is 0 Å². The fraction of sp³-hybridized carbons (Fsp3) is 0.0833. The van der Waals surface area contributed by atoms with Gasteiger partial charge in [-0.1, -0.05) is 35.5 Å². The molecule has 0 radical (unpaired) electrons. The van der Waals surface area contributed by atoms with Gasteiger partial charge in [0.1, 0.15) is 0 Å². The van der Waals surface area contributed by atoms with Gasteiger partial charge in [0, 0.05) is 6.08 Å². The molecule has 2 rings (SSSR count). The lowest BCUT2D eigenvalue weighted by Gasteiger charge is -2.01. The predicted molar refractivity (Wildman–Crippen MR) is 60.1 cm³/mol. The van der Waals surface area contributed by atoms with E-state index in [2.05, 4.69) is 17.3 Å². The normalized spacial score (nSPS) is 14.9. The van der Waals surface area contributed by atoms with Crippen molar-refractivity contribution in [1.82, 2.24) is 0 Å². The monoisotopic (exact) mass is 200 g/mol. The molecule has 0 atom stereocenters. The first-order chi connectivity index (χ1) is 7.34. The lowest BCUT2D eigenvalue weighted by atomic mass is 10.1. The van der Waals surface area contributed by atoms with E-state index in [1.54, 1.807) is 12.3 Å². The van der Waals surface area contributed by atoms with Crippen LogP contribution in [0.25, 0.3) is 0 Å². The summed E-state index contributed by atoms with van der Waals surface area (Å²) in [6, 6.07) is 10.2. The van der Waals surface area contributed by atoms with E-state index in [1.807, 2.05) is 24.3 Å². The number of oxime groups is 1. The third kappa shape index (κ3) is 2.71. The topological polar surface area (TPSA) is 47.6 Å². The summed E-state index contributed by atoms with van der Waals surface area (Å²) in [6.07, 6.45) is 6.12. The van der Waals surface area contributed by atoms with Crippen molar-refractivity contribution in [3.63, 3.8) is 0 Å². The van der Waals surface area contributed by atoms with Crippen molar-refractivity contribution in [3.8, 4) is 0 Å². The minimum absolute atomic E-state index is 0.325. The van der Waals surface area contributed by atoms with Crippen LogP contribution in [0.2, 0.25) is 0 Å². The lowest BCUT2D eigenvalue weighted by molar-refractivity contribution is 0.227. The van der Waals surface area contributed by atoms with Gasteiger partial charge in [0.15, 0.2) is 0 Å². The molecule has 1 aromatic rings. The first-order valence-electron chi connectivity index (χ1n) is 4.75. The number of hydrogen-bond donors (Lipinski definition) is 1. The van der Waals surface area contributed by atoms with Gasteiger partial charge in [-0.05, 0) is 23.6 Å². The van der Waals surface area contributed by atoms with E-state index in [4.69, 9.17) is 10.6 Å². The summed E-state index contributed by atoms with van der Waals surface area (Å²) < 4.78 is 0. The lowest BCUT2D eigenvalue weighted by Crippen LogP contribution is -1.98. The van der Waals surface area contributed by atoms with Gasteiger partial charge < -0.3 is 10.6 Å². The Balaban J connectivity index is 2.15. The van der Waals surface area contributed by atoms with E-state index in [1.165, 1.54) is 5.56 Å². The van der Waals surface area contributed by atoms with Gasteiger partial charge in [0.2, 0.25) is 5.88 Å². The highest BCUT2D eigenvalue weighted by Gasteiger charge is 2.00. The second-order valence-corrected chi connectivity index (χ2v) is 3.30. The average Bonchev–Trinajstić information content (AvgIpc) is 2.44.